The SMILES string of the molecule is Oc1ccccc1-n1ccnc1-c1ccccc1. The van der Waals surface area contributed by atoms with Gasteiger partial charge in [-0.25, -0.2) is 4.98 Å². The Bertz CT molecular complexity index is 659. The smallest absolute Gasteiger partial charge is 0.144 e. The molecule has 0 spiro atoms. The van der Waals surface area contributed by atoms with Crippen LogP contribution in [-0.4, -0.2) is 14.7 Å². The fourth-order valence-corrected chi connectivity index (χ4v) is 1.97. The van der Waals surface area contributed by atoms with E-state index in [4.69, 9.17) is 0 Å². The van der Waals surface area contributed by atoms with Crippen LogP contribution in [0, 0.1) is 0 Å². The van der Waals surface area contributed by atoms with E-state index >= 15 is 0 Å². The number of imidazole rings is 1. The van der Waals surface area contributed by atoms with Gasteiger partial charge in [0, 0.05) is 18.0 Å². The molecule has 0 unspecified atom stereocenters. The molecule has 18 heavy (non-hydrogen) atoms. The minimum Gasteiger partial charge on any atom is -0.506 e. The average molecular weight is 236 g/mol. The van der Waals surface area contributed by atoms with Crippen LogP contribution >= 0.6 is 0 Å². The van der Waals surface area contributed by atoms with Crippen molar-refractivity contribution < 1.29 is 5.11 Å². The van der Waals surface area contributed by atoms with Crippen LogP contribution in [0.3, 0.4) is 0 Å². The van der Waals surface area contributed by atoms with Crippen LogP contribution in [0.4, 0.5) is 0 Å². The Morgan fingerprint density at radius 1 is 0.889 bits per heavy atom. The number of hydrogen-bond donors (Lipinski definition) is 1. The zero-order valence-electron chi connectivity index (χ0n) is 9.69. The lowest BCUT2D eigenvalue weighted by atomic mass is 10.2. The number of hydrogen-bond acceptors (Lipinski definition) is 2. The van der Waals surface area contributed by atoms with Crippen molar-refractivity contribution in [2.24, 2.45) is 0 Å². The van der Waals surface area contributed by atoms with E-state index in [1.807, 2.05) is 53.2 Å². The highest BCUT2D eigenvalue weighted by Crippen LogP contribution is 2.26. The quantitative estimate of drug-likeness (QED) is 0.741. The van der Waals surface area contributed by atoms with Crippen LogP contribution in [0.25, 0.3) is 17.1 Å². The molecule has 0 aliphatic rings. The van der Waals surface area contributed by atoms with Gasteiger partial charge in [-0.05, 0) is 12.1 Å². The number of benzene rings is 2. The normalized spacial score (nSPS) is 10.4. The maximum Gasteiger partial charge on any atom is 0.144 e. The van der Waals surface area contributed by atoms with Crippen molar-refractivity contribution in [2.45, 2.75) is 0 Å². The fraction of sp³-hybridized carbons (Fsp3) is 0. The number of nitrogens with zero attached hydrogens (tertiary/aromatic N) is 2. The zero-order valence-corrected chi connectivity index (χ0v) is 9.69. The molecule has 1 heterocycles. The van der Waals surface area contributed by atoms with Crippen molar-refractivity contribution in [3.8, 4) is 22.8 Å². The molecule has 88 valence electrons. The van der Waals surface area contributed by atoms with Gasteiger partial charge in [0.25, 0.3) is 0 Å². The van der Waals surface area contributed by atoms with Crippen LogP contribution in [0.5, 0.6) is 5.75 Å². The van der Waals surface area contributed by atoms with E-state index < -0.39 is 0 Å². The Morgan fingerprint density at radius 2 is 1.61 bits per heavy atom. The molecule has 1 aromatic heterocycles. The first-order valence-corrected chi connectivity index (χ1v) is 5.73. The summed E-state index contributed by atoms with van der Waals surface area (Å²) in [5.74, 6) is 1.06. The van der Waals surface area contributed by atoms with Crippen molar-refractivity contribution in [1.82, 2.24) is 9.55 Å². The summed E-state index contributed by atoms with van der Waals surface area (Å²) in [7, 11) is 0. The second kappa shape index (κ2) is 4.37. The molecule has 3 heteroatoms. The summed E-state index contributed by atoms with van der Waals surface area (Å²) in [4.78, 5) is 4.36. The van der Waals surface area contributed by atoms with Crippen LogP contribution in [0.15, 0.2) is 67.0 Å². The van der Waals surface area contributed by atoms with E-state index in [0.29, 0.717) is 0 Å². The van der Waals surface area contributed by atoms with Gasteiger partial charge < -0.3 is 5.11 Å². The lowest BCUT2D eigenvalue weighted by molar-refractivity contribution is 0.472. The Labute approximate surface area is 105 Å². The summed E-state index contributed by atoms with van der Waals surface area (Å²) in [6, 6.07) is 17.1. The summed E-state index contributed by atoms with van der Waals surface area (Å²) in [5.41, 5.74) is 1.75. The van der Waals surface area contributed by atoms with Crippen molar-refractivity contribution in [3.05, 3.63) is 67.0 Å². The van der Waals surface area contributed by atoms with E-state index in [0.717, 1.165) is 17.1 Å². The second-order valence-electron chi connectivity index (χ2n) is 3.98. The molecule has 0 saturated heterocycles. The third-order valence-electron chi connectivity index (χ3n) is 2.81. The molecule has 3 aromatic rings. The van der Waals surface area contributed by atoms with Gasteiger partial charge in [-0.1, -0.05) is 42.5 Å². The predicted octanol–water partition coefficient (Wildman–Crippen LogP) is 3.24. The third kappa shape index (κ3) is 1.76. The number of phenols is 1. The molecular formula is C15H12N2O. The van der Waals surface area contributed by atoms with Crippen LogP contribution in [-0.2, 0) is 0 Å². The molecule has 0 fully saturated rings. The lowest BCUT2D eigenvalue weighted by Crippen LogP contribution is -1.96. The predicted molar refractivity (Wildman–Crippen MR) is 70.7 cm³/mol. The molecule has 1 N–H and O–H groups in total. The van der Waals surface area contributed by atoms with Gasteiger partial charge in [0.2, 0.25) is 0 Å². The molecule has 0 aliphatic heterocycles. The number of aromatic nitrogens is 2. The van der Waals surface area contributed by atoms with Gasteiger partial charge >= 0.3 is 0 Å². The first-order valence-electron chi connectivity index (χ1n) is 5.73. The molecular weight excluding hydrogens is 224 g/mol. The minimum absolute atomic E-state index is 0.243. The Balaban J connectivity index is 2.16. The van der Waals surface area contributed by atoms with E-state index in [1.165, 1.54) is 0 Å². The standard InChI is InChI=1S/C15H12N2O/c18-14-9-5-4-8-13(14)17-11-10-16-15(17)12-6-2-1-3-7-12/h1-11,18H. The lowest BCUT2D eigenvalue weighted by Gasteiger charge is -2.09. The molecule has 0 saturated carbocycles. The summed E-state index contributed by atoms with van der Waals surface area (Å²) in [6.07, 6.45) is 3.58. The largest absolute Gasteiger partial charge is 0.506 e. The first-order chi connectivity index (χ1) is 8.86. The highest BCUT2D eigenvalue weighted by Gasteiger charge is 2.09. The first kappa shape index (κ1) is 10.6. The molecule has 0 bridgehead atoms. The number of aromatic hydroxyl groups is 1. The molecule has 2 aromatic carbocycles. The Hall–Kier alpha value is -2.55. The third-order valence-corrected chi connectivity index (χ3v) is 2.81. The highest BCUT2D eigenvalue weighted by molar-refractivity contribution is 5.60. The van der Waals surface area contributed by atoms with Crippen molar-refractivity contribution in [1.29, 1.82) is 0 Å². The molecule has 0 aliphatic carbocycles. The van der Waals surface area contributed by atoms with Crippen LogP contribution < -0.4 is 0 Å². The van der Waals surface area contributed by atoms with Gasteiger partial charge in [0.15, 0.2) is 0 Å². The van der Waals surface area contributed by atoms with Crippen LogP contribution in [0.2, 0.25) is 0 Å². The summed E-state index contributed by atoms with van der Waals surface area (Å²) < 4.78 is 1.88. The van der Waals surface area contributed by atoms with E-state index in [-0.39, 0.29) is 5.75 Å². The average Bonchev–Trinajstić information content (AvgIpc) is 2.89. The molecule has 0 radical (unpaired) electrons. The topological polar surface area (TPSA) is 38.0 Å². The highest BCUT2D eigenvalue weighted by atomic mass is 16.3. The van der Waals surface area contributed by atoms with E-state index in [1.54, 1.807) is 18.3 Å². The Kier molecular flexibility index (Phi) is 2.57. The van der Waals surface area contributed by atoms with Gasteiger partial charge in [-0.15, -0.1) is 0 Å². The van der Waals surface area contributed by atoms with Gasteiger partial charge in [0.1, 0.15) is 11.6 Å². The van der Waals surface area contributed by atoms with E-state index in [9.17, 15) is 5.11 Å². The minimum atomic E-state index is 0.243. The molecule has 3 rings (SSSR count). The summed E-state index contributed by atoms with van der Waals surface area (Å²) in [6.45, 7) is 0. The number of rotatable bonds is 2. The van der Waals surface area contributed by atoms with Gasteiger partial charge in [-0.3, -0.25) is 4.57 Å². The number of para-hydroxylation sites is 2. The summed E-state index contributed by atoms with van der Waals surface area (Å²) >= 11 is 0. The van der Waals surface area contributed by atoms with Gasteiger partial charge in [0.05, 0.1) is 5.69 Å². The monoisotopic (exact) mass is 236 g/mol. The fourth-order valence-electron chi connectivity index (χ4n) is 1.97. The molecule has 0 amide bonds. The second-order valence-corrected chi connectivity index (χ2v) is 3.98. The van der Waals surface area contributed by atoms with Crippen molar-refractivity contribution >= 4 is 0 Å². The van der Waals surface area contributed by atoms with Gasteiger partial charge in [-0.2, -0.15) is 0 Å². The Morgan fingerprint density at radius 3 is 2.39 bits per heavy atom. The summed E-state index contributed by atoms with van der Waals surface area (Å²) in [5, 5.41) is 9.91. The maximum atomic E-state index is 9.91. The van der Waals surface area contributed by atoms with E-state index in [2.05, 4.69) is 4.98 Å². The molecule has 3 nitrogen and oxygen atoms in total. The maximum absolute atomic E-state index is 9.91. The van der Waals surface area contributed by atoms with Crippen molar-refractivity contribution in [3.63, 3.8) is 0 Å². The molecule has 0 atom stereocenters. The number of phenolic OH excluding ortho intramolecular Hbond substituents is 1. The zero-order chi connectivity index (χ0) is 12.4. The van der Waals surface area contributed by atoms with Crippen LogP contribution in [0.1, 0.15) is 0 Å². The van der Waals surface area contributed by atoms with Crippen molar-refractivity contribution in [2.75, 3.05) is 0 Å².